The quantitative estimate of drug-likeness (QED) is 0.297. The number of thiophene rings is 1. The van der Waals surface area contributed by atoms with Crippen LogP contribution >= 0.6 is 11.3 Å². The smallest absolute Gasteiger partial charge is 0.0436 e. The Bertz CT molecular complexity index is 1280. The lowest BCUT2D eigenvalue weighted by molar-refractivity contribution is 1.43. The van der Waals surface area contributed by atoms with Crippen LogP contribution in [0.5, 0.6) is 0 Å². The molecule has 130 valence electrons. The average Bonchev–Trinajstić information content (AvgIpc) is 3.08. The van der Waals surface area contributed by atoms with E-state index in [0.717, 1.165) is 0 Å². The highest BCUT2D eigenvalue weighted by molar-refractivity contribution is 7.26. The van der Waals surface area contributed by atoms with Gasteiger partial charge in [-0.1, -0.05) is 84.9 Å². The molecule has 0 unspecified atom stereocenters. The third kappa shape index (κ3) is 2.58. The van der Waals surface area contributed by atoms with Crippen molar-refractivity contribution >= 4 is 31.5 Å². The molecular formula is C26H20S. The molecule has 0 radical (unpaired) electrons. The summed E-state index contributed by atoms with van der Waals surface area (Å²) in [4.78, 5) is 0. The molecule has 1 heteroatoms. The lowest BCUT2D eigenvalue weighted by Crippen LogP contribution is -1.86. The van der Waals surface area contributed by atoms with Crippen molar-refractivity contribution in [1.29, 1.82) is 0 Å². The number of aryl methyl sites for hydroxylation is 2. The SMILES string of the molecule is Cc1ccccc1-c1c(C)ccc2c1sc1c(-c3ccccc3)cccc12. The molecule has 0 nitrogen and oxygen atoms in total. The minimum Gasteiger partial charge on any atom is -0.134 e. The van der Waals surface area contributed by atoms with Crippen molar-refractivity contribution in [3.63, 3.8) is 0 Å². The highest BCUT2D eigenvalue weighted by Gasteiger charge is 2.16. The van der Waals surface area contributed by atoms with Gasteiger partial charge in [-0.05, 0) is 41.7 Å². The Morgan fingerprint density at radius 3 is 2.04 bits per heavy atom. The van der Waals surface area contributed by atoms with Crippen molar-refractivity contribution in [2.45, 2.75) is 13.8 Å². The van der Waals surface area contributed by atoms with Crippen LogP contribution in [0.4, 0.5) is 0 Å². The van der Waals surface area contributed by atoms with Crippen molar-refractivity contribution in [2.75, 3.05) is 0 Å². The van der Waals surface area contributed by atoms with E-state index in [9.17, 15) is 0 Å². The van der Waals surface area contributed by atoms with E-state index in [1.807, 2.05) is 11.3 Å². The van der Waals surface area contributed by atoms with Gasteiger partial charge in [-0.15, -0.1) is 11.3 Å². The highest BCUT2D eigenvalue weighted by atomic mass is 32.1. The molecule has 0 saturated carbocycles. The first-order valence-corrected chi connectivity index (χ1v) is 10.1. The molecule has 27 heavy (non-hydrogen) atoms. The molecule has 5 aromatic rings. The molecule has 0 atom stereocenters. The fourth-order valence-electron chi connectivity index (χ4n) is 3.99. The summed E-state index contributed by atoms with van der Waals surface area (Å²) in [5.74, 6) is 0. The van der Waals surface area contributed by atoms with Gasteiger partial charge >= 0.3 is 0 Å². The van der Waals surface area contributed by atoms with Gasteiger partial charge in [-0.25, -0.2) is 0 Å². The van der Waals surface area contributed by atoms with Crippen LogP contribution in [0.1, 0.15) is 11.1 Å². The number of hydrogen-bond donors (Lipinski definition) is 0. The number of benzene rings is 4. The van der Waals surface area contributed by atoms with E-state index in [2.05, 4.69) is 98.8 Å². The maximum absolute atomic E-state index is 2.29. The Labute approximate surface area is 163 Å². The van der Waals surface area contributed by atoms with E-state index >= 15 is 0 Å². The standard InChI is InChI=1S/C26H20S/c1-17-9-6-7-12-20(17)24-18(2)15-16-23-22-14-8-13-21(25(22)27-26(23)24)19-10-4-3-5-11-19/h3-16H,1-2H3. The molecule has 5 rings (SSSR count). The van der Waals surface area contributed by atoms with Gasteiger partial charge in [-0.2, -0.15) is 0 Å². The number of rotatable bonds is 2. The molecule has 0 N–H and O–H groups in total. The predicted molar refractivity (Wildman–Crippen MR) is 120 cm³/mol. The highest BCUT2D eigenvalue weighted by Crippen LogP contribution is 2.45. The van der Waals surface area contributed by atoms with Gasteiger partial charge in [0.05, 0.1) is 0 Å². The first-order valence-electron chi connectivity index (χ1n) is 9.30. The van der Waals surface area contributed by atoms with Gasteiger partial charge in [0, 0.05) is 25.7 Å². The number of fused-ring (bicyclic) bond motifs is 3. The molecule has 0 spiro atoms. The predicted octanol–water partition coefficient (Wildman–Crippen LogP) is 8.01. The summed E-state index contributed by atoms with van der Waals surface area (Å²) in [6, 6.07) is 30.7. The minimum absolute atomic E-state index is 1.28. The zero-order chi connectivity index (χ0) is 18.4. The third-order valence-electron chi connectivity index (χ3n) is 5.37. The summed E-state index contributed by atoms with van der Waals surface area (Å²) >= 11 is 1.93. The minimum atomic E-state index is 1.28. The van der Waals surface area contributed by atoms with Crippen molar-refractivity contribution in [3.8, 4) is 22.3 Å². The largest absolute Gasteiger partial charge is 0.134 e. The van der Waals surface area contributed by atoms with Crippen LogP contribution in [0.25, 0.3) is 42.4 Å². The Hall–Kier alpha value is -2.90. The fraction of sp³-hybridized carbons (Fsp3) is 0.0769. The van der Waals surface area contributed by atoms with Crippen LogP contribution in [-0.2, 0) is 0 Å². The molecule has 0 aliphatic rings. The molecule has 0 fully saturated rings. The Morgan fingerprint density at radius 1 is 0.519 bits per heavy atom. The summed E-state index contributed by atoms with van der Waals surface area (Å²) in [5.41, 5.74) is 7.99. The van der Waals surface area contributed by atoms with Crippen LogP contribution in [0.15, 0.2) is 84.9 Å². The third-order valence-corrected chi connectivity index (χ3v) is 6.65. The van der Waals surface area contributed by atoms with Crippen molar-refractivity contribution in [2.24, 2.45) is 0 Å². The molecule has 0 amide bonds. The van der Waals surface area contributed by atoms with Crippen molar-refractivity contribution < 1.29 is 0 Å². The lowest BCUT2D eigenvalue weighted by atomic mass is 9.94. The van der Waals surface area contributed by atoms with Gasteiger partial charge in [0.25, 0.3) is 0 Å². The van der Waals surface area contributed by atoms with E-state index in [0.29, 0.717) is 0 Å². The second-order valence-electron chi connectivity index (χ2n) is 7.10. The van der Waals surface area contributed by atoms with E-state index in [-0.39, 0.29) is 0 Å². The normalized spacial score (nSPS) is 11.3. The van der Waals surface area contributed by atoms with Gasteiger partial charge in [-0.3, -0.25) is 0 Å². The second kappa shape index (κ2) is 6.37. The monoisotopic (exact) mass is 364 g/mol. The first-order chi connectivity index (χ1) is 13.2. The second-order valence-corrected chi connectivity index (χ2v) is 8.12. The molecule has 4 aromatic carbocycles. The summed E-state index contributed by atoms with van der Waals surface area (Å²) in [6.07, 6.45) is 0. The van der Waals surface area contributed by atoms with Crippen molar-refractivity contribution in [1.82, 2.24) is 0 Å². The van der Waals surface area contributed by atoms with Crippen LogP contribution in [0.3, 0.4) is 0 Å². The zero-order valence-corrected chi connectivity index (χ0v) is 16.3. The molecular weight excluding hydrogens is 344 g/mol. The van der Waals surface area contributed by atoms with E-state index in [1.54, 1.807) is 0 Å². The van der Waals surface area contributed by atoms with E-state index in [1.165, 1.54) is 53.6 Å². The molecule has 0 bridgehead atoms. The first kappa shape index (κ1) is 16.3. The Balaban J connectivity index is 1.89. The molecule has 0 saturated heterocycles. The molecule has 1 heterocycles. The van der Waals surface area contributed by atoms with Gasteiger partial charge in [0.15, 0.2) is 0 Å². The van der Waals surface area contributed by atoms with E-state index in [4.69, 9.17) is 0 Å². The summed E-state index contributed by atoms with van der Waals surface area (Å²) in [5, 5.41) is 2.71. The van der Waals surface area contributed by atoms with Gasteiger partial charge < -0.3 is 0 Å². The van der Waals surface area contributed by atoms with Crippen molar-refractivity contribution in [3.05, 3.63) is 96.1 Å². The Kier molecular flexibility index (Phi) is 3.84. The van der Waals surface area contributed by atoms with Crippen LogP contribution in [0, 0.1) is 13.8 Å². The summed E-state index contributed by atoms with van der Waals surface area (Å²) < 4.78 is 2.77. The summed E-state index contributed by atoms with van der Waals surface area (Å²) in [6.45, 7) is 4.43. The lowest BCUT2D eigenvalue weighted by Gasteiger charge is -2.10. The Morgan fingerprint density at radius 2 is 1.22 bits per heavy atom. The summed E-state index contributed by atoms with van der Waals surface area (Å²) in [7, 11) is 0. The van der Waals surface area contributed by atoms with Crippen LogP contribution < -0.4 is 0 Å². The average molecular weight is 365 g/mol. The van der Waals surface area contributed by atoms with Crippen LogP contribution in [-0.4, -0.2) is 0 Å². The van der Waals surface area contributed by atoms with Gasteiger partial charge in [0.2, 0.25) is 0 Å². The molecule has 1 aromatic heterocycles. The fourth-order valence-corrected chi connectivity index (χ4v) is 5.44. The van der Waals surface area contributed by atoms with Crippen LogP contribution in [0.2, 0.25) is 0 Å². The van der Waals surface area contributed by atoms with E-state index < -0.39 is 0 Å². The molecule has 0 aliphatic carbocycles. The maximum atomic E-state index is 2.29. The number of hydrogen-bond acceptors (Lipinski definition) is 1. The molecule has 0 aliphatic heterocycles. The maximum Gasteiger partial charge on any atom is 0.0436 e. The van der Waals surface area contributed by atoms with Gasteiger partial charge in [0.1, 0.15) is 0 Å². The topological polar surface area (TPSA) is 0 Å². The zero-order valence-electron chi connectivity index (χ0n) is 15.5.